The van der Waals surface area contributed by atoms with Crippen molar-refractivity contribution in [2.24, 2.45) is 0 Å². The molecule has 2 heteroatoms. The summed E-state index contributed by atoms with van der Waals surface area (Å²) in [7, 11) is 0. The summed E-state index contributed by atoms with van der Waals surface area (Å²) in [5.41, 5.74) is 5.88. The Kier molecular flexibility index (Phi) is 5.85. The van der Waals surface area contributed by atoms with Crippen molar-refractivity contribution in [3.8, 4) is 0 Å². The molecule has 0 bridgehead atoms. The fourth-order valence-electron chi connectivity index (χ4n) is 5.36. The number of rotatable bonds is 6. The Morgan fingerprint density at radius 3 is 2.07 bits per heavy atom. The Bertz CT molecular complexity index is 912. The highest BCUT2D eigenvalue weighted by Crippen LogP contribution is 2.31. The molecule has 1 saturated heterocycles. The first-order valence-electron chi connectivity index (χ1n) is 11.5. The summed E-state index contributed by atoms with van der Waals surface area (Å²) < 4.78 is 0. The van der Waals surface area contributed by atoms with Gasteiger partial charge < -0.3 is 4.90 Å². The molecular formula is C28H32N2. The molecule has 1 heterocycles. The van der Waals surface area contributed by atoms with Crippen LogP contribution in [0.3, 0.4) is 0 Å². The van der Waals surface area contributed by atoms with Crippen LogP contribution in [0.1, 0.15) is 36.0 Å². The molecule has 5 rings (SSSR count). The van der Waals surface area contributed by atoms with Crippen LogP contribution < -0.4 is 4.90 Å². The predicted molar refractivity (Wildman–Crippen MR) is 126 cm³/mol. The second-order valence-corrected chi connectivity index (χ2v) is 8.92. The molecule has 0 amide bonds. The predicted octanol–water partition coefficient (Wildman–Crippen LogP) is 5.72. The van der Waals surface area contributed by atoms with Gasteiger partial charge >= 0.3 is 0 Å². The normalized spacial score (nSPS) is 19.5. The molecule has 0 saturated carbocycles. The number of para-hydroxylation sites is 1. The SMILES string of the molecule is c1ccc(CN2CCCCC2CN(c2ccccc2)C2Cc3ccccc3C2)cc1. The lowest BCUT2D eigenvalue weighted by atomic mass is 9.99. The Hall–Kier alpha value is -2.58. The molecule has 0 spiro atoms. The lowest BCUT2D eigenvalue weighted by Crippen LogP contribution is -2.49. The maximum Gasteiger partial charge on any atom is 0.0371 e. The molecule has 0 aromatic heterocycles. The maximum atomic E-state index is 2.73. The Balaban J connectivity index is 1.37. The van der Waals surface area contributed by atoms with Crippen LogP contribution >= 0.6 is 0 Å². The minimum atomic E-state index is 0.560. The van der Waals surface area contributed by atoms with Crippen LogP contribution in [0, 0.1) is 0 Å². The van der Waals surface area contributed by atoms with E-state index in [4.69, 9.17) is 0 Å². The first kappa shape index (κ1) is 19.4. The van der Waals surface area contributed by atoms with Crippen molar-refractivity contribution in [1.29, 1.82) is 0 Å². The Morgan fingerprint density at radius 1 is 0.733 bits per heavy atom. The summed E-state index contributed by atoms with van der Waals surface area (Å²) in [4.78, 5) is 5.45. The van der Waals surface area contributed by atoms with Crippen molar-refractivity contribution in [1.82, 2.24) is 4.90 Å². The van der Waals surface area contributed by atoms with Crippen LogP contribution in [0.2, 0.25) is 0 Å². The molecule has 154 valence electrons. The van der Waals surface area contributed by atoms with Gasteiger partial charge in [-0.2, -0.15) is 0 Å². The van der Waals surface area contributed by atoms with Crippen LogP contribution in [-0.2, 0) is 19.4 Å². The van der Waals surface area contributed by atoms with Crippen molar-refractivity contribution >= 4 is 5.69 Å². The summed E-state index contributed by atoms with van der Waals surface area (Å²) in [6.07, 6.45) is 6.30. The van der Waals surface area contributed by atoms with Gasteiger partial charge in [0.05, 0.1) is 0 Å². The van der Waals surface area contributed by atoms with E-state index in [0.717, 1.165) is 25.9 Å². The minimum absolute atomic E-state index is 0.560. The van der Waals surface area contributed by atoms with Crippen molar-refractivity contribution in [3.63, 3.8) is 0 Å². The van der Waals surface area contributed by atoms with Crippen LogP contribution in [0.15, 0.2) is 84.9 Å². The van der Waals surface area contributed by atoms with Crippen LogP contribution in [0.5, 0.6) is 0 Å². The van der Waals surface area contributed by atoms with Gasteiger partial charge in [0.2, 0.25) is 0 Å². The summed E-state index contributed by atoms with van der Waals surface area (Å²) in [6, 6.07) is 32.3. The number of nitrogens with zero attached hydrogens (tertiary/aromatic N) is 2. The second-order valence-electron chi connectivity index (χ2n) is 8.92. The number of benzene rings is 3. The smallest absolute Gasteiger partial charge is 0.0371 e. The number of piperidine rings is 1. The van der Waals surface area contributed by atoms with Gasteiger partial charge in [-0.05, 0) is 61.1 Å². The van der Waals surface area contributed by atoms with Gasteiger partial charge in [-0.15, -0.1) is 0 Å². The third-order valence-electron chi connectivity index (χ3n) is 6.94. The van der Waals surface area contributed by atoms with Crippen LogP contribution in [0.25, 0.3) is 0 Å². The fraction of sp³-hybridized carbons (Fsp3) is 0.357. The standard InChI is InChI=1S/C28H32N2/c1-3-11-23(12-4-1)21-29-18-10-9-17-27(29)22-30(26-15-5-2-6-16-26)28-19-24-13-7-8-14-25(24)20-28/h1-8,11-16,27-28H,9-10,17-22H2. The molecule has 30 heavy (non-hydrogen) atoms. The van der Waals surface area contributed by atoms with Crippen molar-refractivity contribution in [2.75, 3.05) is 18.0 Å². The molecule has 3 aromatic rings. The summed E-state index contributed by atoms with van der Waals surface area (Å²) in [5, 5.41) is 0. The molecular weight excluding hydrogens is 364 g/mol. The van der Waals surface area contributed by atoms with E-state index in [1.807, 2.05) is 0 Å². The summed E-state index contributed by atoms with van der Waals surface area (Å²) in [5.74, 6) is 0. The molecule has 1 unspecified atom stereocenters. The van der Waals surface area contributed by atoms with Gasteiger partial charge in [-0.25, -0.2) is 0 Å². The third kappa shape index (κ3) is 4.29. The van der Waals surface area contributed by atoms with Gasteiger partial charge in [0.1, 0.15) is 0 Å². The van der Waals surface area contributed by atoms with Crippen LogP contribution in [-0.4, -0.2) is 30.1 Å². The molecule has 3 aromatic carbocycles. The van der Waals surface area contributed by atoms with Gasteiger partial charge in [0.15, 0.2) is 0 Å². The second kappa shape index (κ2) is 9.06. The molecule has 0 radical (unpaired) electrons. The zero-order chi connectivity index (χ0) is 20.2. The lowest BCUT2D eigenvalue weighted by Gasteiger charge is -2.41. The highest BCUT2D eigenvalue weighted by atomic mass is 15.2. The fourth-order valence-corrected chi connectivity index (χ4v) is 5.36. The molecule has 1 aliphatic carbocycles. The minimum Gasteiger partial charge on any atom is -0.366 e. The highest BCUT2D eigenvalue weighted by molar-refractivity contribution is 5.50. The quantitative estimate of drug-likeness (QED) is 0.526. The zero-order valence-corrected chi connectivity index (χ0v) is 17.8. The number of hydrogen-bond acceptors (Lipinski definition) is 2. The van der Waals surface area contributed by atoms with Gasteiger partial charge in [-0.1, -0.05) is 79.2 Å². The van der Waals surface area contributed by atoms with Gasteiger partial charge in [-0.3, -0.25) is 4.90 Å². The van der Waals surface area contributed by atoms with E-state index in [1.54, 1.807) is 0 Å². The van der Waals surface area contributed by atoms with E-state index < -0.39 is 0 Å². The Labute approximate surface area is 181 Å². The van der Waals surface area contributed by atoms with E-state index >= 15 is 0 Å². The molecule has 2 aliphatic rings. The average molecular weight is 397 g/mol. The summed E-state index contributed by atoms with van der Waals surface area (Å²) in [6.45, 7) is 3.40. The maximum absolute atomic E-state index is 2.73. The largest absolute Gasteiger partial charge is 0.366 e. The van der Waals surface area contributed by atoms with E-state index in [1.165, 1.54) is 48.2 Å². The van der Waals surface area contributed by atoms with Crippen molar-refractivity contribution in [2.45, 2.75) is 50.7 Å². The van der Waals surface area contributed by atoms with Gasteiger partial charge in [0.25, 0.3) is 0 Å². The first-order valence-corrected chi connectivity index (χ1v) is 11.5. The van der Waals surface area contributed by atoms with Gasteiger partial charge in [0, 0.05) is 30.9 Å². The van der Waals surface area contributed by atoms with Crippen molar-refractivity contribution in [3.05, 3.63) is 102 Å². The molecule has 2 nitrogen and oxygen atoms in total. The number of likely N-dealkylation sites (tertiary alicyclic amines) is 1. The topological polar surface area (TPSA) is 6.48 Å². The number of hydrogen-bond donors (Lipinski definition) is 0. The van der Waals surface area contributed by atoms with E-state index in [9.17, 15) is 0 Å². The molecule has 1 atom stereocenters. The van der Waals surface area contributed by atoms with E-state index in [2.05, 4.69) is 94.7 Å². The molecule has 1 aliphatic heterocycles. The molecule has 1 fully saturated rings. The molecule has 0 N–H and O–H groups in total. The van der Waals surface area contributed by atoms with E-state index in [-0.39, 0.29) is 0 Å². The monoisotopic (exact) mass is 396 g/mol. The Morgan fingerprint density at radius 2 is 1.37 bits per heavy atom. The third-order valence-corrected chi connectivity index (χ3v) is 6.94. The van der Waals surface area contributed by atoms with Crippen LogP contribution in [0.4, 0.5) is 5.69 Å². The summed E-state index contributed by atoms with van der Waals surface area (Å²) >= 11 is 0. The highest BCUT2D eigenvalue weighted by Gasteiger charge is 2.31. The lowest BCUT2D eigenvalue weighted by molar-refractivity contribution is 0.141. The number of fused-ring (bicyclic) bond motifs is 1. The van der Waals surface area contributed by atoms with E-state index in [0.29, 0.717) is 12.1 Å². The zero-order valence-electron chi connectivity index (χ0n) is 17.8. The average Bonchev–Trinajstić information content (AvgIpc) is 3.24. The number of anilines is 1. The first-order chi connectivity index (χ1) is 14.9. The van der Waals surface area contributed by atoms with Crippen molar-refractivity contribution < 1.29 is 0 Å².